The summed E-state index contributed by atoms with van der Waals surface area (Å²) in [6, 6.07) is 9.03. The number of rotatable bonds is 5. The highest BCUT2D eigenvalue weighted by atomic mass is 32.2. The van der Waals surface area contributed by atoms with E-state index < -0.39 is 21.0 Å². The van der Waals surface area contributed by atoms with E-state index in [1.807, 2.05) is 0 Å². The minimum atomic E-state index is -0.709. The number of nitrogens with zero attached hydrogens (tertiary/aromatic N) is 3. The smallest absolute Gasteiger partial charge is 0.293 e. The molecule has 1 fully saturated rings. The molecule has 11 heteroatoms. The lowest BCUT2D eigenvalue weighted by molar-refractivity contribution is -0.385. The van der Waals surface area contributed by atoms with E-state index in [0.717, 1.165) is 23.1 Å². The Labute approximate surface area is 161 Å². The lowest BCUT2D eigenvalue weighted by Crippen LogP contribution is -2.27. The van der Waals surface area contributed by atoms with Crippen molar-refractivity contribution in [2.45, 2.75) is 6.54 Å². The van der Waals surface area contributed by atoms with Gasteiger partial charge in [0.05, 0.1) is 21.3 Å². The Morgan fingerprint density at radius 2 is 1.79 bits per heavy atom. The Balaban J connectivity index is 1.91. The molecular weight excluding hydrogens is 390 g/mol. The second kappa shape index (κ2) is 7.48. The van der Waals surface area contributed by atoms with Gasteiger partial charge in [-0.2, -0.15) is 0 Å². The number of para-hydroxylation sites is 1. The van der Waals surface area contributed by atoms with Gasteiger partial charge in [-0.15, -0.1) is 0 Å². The van der Waals surface area contributed by atoms with E-state index in [1.54, 1.807) is 6.07 Å². The first-order valence-electron chi connectivity index (χ1n) is 7.73. The van der Waals surface area contributed by atoms with Crippen LogP contribution >= 0.6 is 11.8 Å². The number of hydrogen-bond acceptors (Lipinski definition) is 8. The van der Waals surface area contributed by atoms with Crippen molar-refractivity contribution in [2.24, 2.45) is 0 Å². The number of carbonyl (C=O) groups excluding carboxylic acids is 2. The monoisotopic (exact) mass is 401 g/mol. The summed E-state index contributed by atoms with van der Waals surface area (Å²) in [7, 11) is 0. The molecular formula is C17H11N3O7S. The molecule has 1 saturated heterocycles. The molecule has 0 spiro atoms. The number of nitro benzene ring substituents is 2. The SMILES string of the molecule is O=C1S/C(=C\c2cc([N+](=O)[O-])ccc2O)C(=O)N1Cc1ccccc1[N+](=O)[O-]. The number of aromatic hydroxyl groups is 1. The third kappa shape index (κ3) is 3.69. The van der Waals surface area contributed by atoms with Gasteiger partial charge in [-0.1, -0.05) is 18.2 Å². The van der Waals surface area contributed by atoms with Gasteiger partial charge < -0.3 is 5.11 Å². The zero-order chi connectivity index (χ0) is 20.4. The third-order valence-corrected chi connectivity index (χ3v) is 4.81. The zero-order valence-corrected chi connectivity index (χ0v) is 14.8. The fourth-order valence-electron chi connectivity index (χ4n) is 2.54. The molecule has 2 aromatic carbocycles. The van der Waals surface area contributed by atoms with Crippen LogP contribution in [0.4, 0.5) is 16.2 Å². The summed E-state index contributed by atoms with van der Waals surface area (Å²) in [6.45, 7) is -0.292. The Hall–Kier alpha value is -3.73. The number of non-ortho nitro benzene ring substituents is 1. The molecule has 0 bridgehead atoms. The van der Waals surface area contributed by atoms with E-state index in [2.05, 4.69) is 0 Å². The number of benzene rings is 2. The maximum atomic E-state index is 12.6. The van der Waals surface area contributed by atoms with E-state index in [-0.39, 0.29) is 39.7 Å². The van der Waals surface area contributed by atoms with Crippen LogP contribution in [-0.2, 0) is 11.3 Å². The van der Waals surface area contributed by atoms with E-state index in [9.17, 15) is 34.9 Å². The van der Waals surface area contributed by atoms with Gasteiger partial charge in [0.25, 0.3) is 22.5 Å². The van der Waals surface area contributed by atoms with E-state index >= 15 is 0 Å². The molecule has 0 radical (unpaired) electrons. The number of hydrogen-bond donors (Lipinski definition) is 1. The van der Waals surface area contributed by atoms with Gasteiger partial charge in [0.2, 0.25) is 0 Å². The molecule has 0 aliphatic carbocycles. The summed E-state index contributed by atoms with van der Waals surface area (Å²) in [4.78, 5) is 46.3. The van der Waals surface area contributed by atoms with Crippen molar-refractivity contribution < 1.29 is 24.5 Å². The van der Waals surface area contributed by atoms with Crippen LogP contribution < -0.4 is 0 Å². The van der Waals surface area contributed by atoms with Gasteiger partial charge in [0.15, 0.2) is 0 Å². The highest BCUT2D eigenvalue weighted by Crippen LogP contribution is 2.36. The van der Waals surface area contributed by atoms with Gasteiger partial charge >= 0.3 is 0 Å². The minimum Gasteiger partial charge on any atom is -0.507 e. The van der Waals surface area contributed by atoms with Crippen LogP contribution in [0, 0.1) is 20.2 Å². The van der Waals surface area contributed by atoms with Crippen LogP contribution in [0.2, 0.25) is 0 Å². The molecule has 2 aromatic rings. The van der Waals surface area contributed by atoms with Crippen molar-refractivity contribution in [2.75, 3.05) is 0 Å². The van der Waals surface area contributed by atoms with E-state index in [1.165, 1.54) is 24.3 Å². The molecule has 142 valence electrons. The molecule has 0 aromatic heterocycles. The lowest BCUT2D eigenvalue weighted by atomic mass is 10.1. The molecule has 0 atom stereocenters. The molecule has 28 heavy (non-hydrogen) atoms. The summed E-state index contributed by atoms with van der Waals surface area (Å²) in [5.74, 6) is -1.00. The van der Waals surface area contributed by atoms with Gasteiger partial charge in [-0.05, 0) is 23.9 Å². The molecule has 1 N–H and O–H groups in total. The standard InChI is InChI=1S/C17H11N3O7S/c21-14-6-5-12(19(24)25)7-11(14)8-15-16(22)18(17(23)28-15)9-10-3-1-2-4-13(10)20(26)27/h1-8,21H,9H2/b15-8-. The second-order valence-corrected chi connectivity index (χ2v) is 6.65. The van der Waals surface area contributed by atoms with Gasteiger partial charge in [-0.25, -0.2) is 0 Å². The Kier molecular flexibility index (Phi) is 5.09. The fraction of sp³-hybridized carbons (Fsp3) is 0.0588. The van der Waals surface area contributed by atoms with Crippen LogP contribution in [0.3, 0.4) is 0 Å². The number of nitro groups is 2. The average Bonchev–Trinajstić information content (AvgIpc) is 2.91. The van der Waals surface area contributed by atoms with Crippen molar-refractivity contribution in [1.29, 1.82) is 0 Å². The van der Waals surface area contributed by atoms with Crippen molar-refractivity contribution in [1.82, 2.24) is 4.90 Å². The maximum absolute atomic E-state index is 12.6. The van der Waals surface area contributed by atoms with Crippen LogP contribution in [-0.4, -0.2) is 31.0 Å². The first kappa shape index (κ1) is 19.0. The van der Waals surface area contributed by atoms with Gasteiger partial charge in [0, 0.05) is 29.3 Å². The molecule has 0 saturated carbocycles. The summed E-state index contributed by atoms with van der Waals surface area (Å²) >= 11 is 0.581. The summed E-state index contributed by atoms with van der Waals surface area (Å²) < 4.78 is 0. The number of phenols is 1. The summed E-state index contributed by atoms with van der Waals surface area (Å²) in [6.07, 6.45) is 1.17. The molecule has 0 unspecified atom stereocenters. The fourth-order valence-corrected chi connectivity index (χ4v) is 3.37. The van der Waals surface area contributed by atoms with Crippen LogP contribution in [0.1, 0.15) is 11.1 Å². The predicted octanol–water partition coefficient (Wildman–Crippen LogP) is 3.45. The number of phenolic OH excluding ortho intramolecular Hbond substituents is 1. The van der Waals surface area contributed by atoms with E-state index in [0.29, 0.717) is 11.8 Å². The molecule has 1 aliphatic rings. The highest BCUT2D eigenvalue weighted by molar-refractivity contribution is 8.18. The number of carbonyl (C=O) groups is 2. The highest BCUT2D eigenvalue weighted by Gasteiger charge is 2.36. The molecule has 1 heterocycles. The quantitative estimate of drug-likeness (QED) is 0.456. The molecule has 2 amide bonds. The Morgan fingerprint density at radius 3 is 2.46 bits per heavy atom. The lowest BCUT2D eigenvalue weighted by Gasteiger charge is -2.12. The largest absolute Gasteiger partial charge is 0.507 e. The average molecular weight is 401 g/mol. The first-order chi connectivity index (χ1) is 13.3. The number of imide groups is 1. The van der Waals surface area contributed by atoms with E-state index in [4.69, 9.17) is 0 Å². The zero-order valence-electron chi connectivity index (χ0n) is 14.0. The van der Waals surface area contributed by atoms with Crippen LogP contribution in [0.5, 0.6) is 5.75 Å². The van der Waals surface area contributed by atoms with Crippen molar-refractivity contribution >= 4 is 40.4 Å². The normalized spacial score (nSPS) is 15.3. The van der Waals surface area contributed by atoms with Crippen molar-refractivity contribution in [3.63, 3.8) is 0 Å². The van der Waals surface area contributed by atoms with Crippen LogP contribution in [0.25, 0.3) is 6.08 Å². The van der Waals surface area contributed by atoms with Gasteiger partial charge in [0.1, 0.15) is 5.75 Å². The Bertz CT molecular complexity index is 1050. The molecule has 1 aliphatic heterocycles. The molecule has 10 nitrogen and oxygen atoms in total. The molecule has 3 rings (SSSR count). The first-order valence-corrected chi connectivity index (χ1v) is 8.54. The van der Waals surface area contributed by atoms with Crippen LogP contribution in [0.15, 0.2) is 47.4 Å². The number of thioether (sulfide) groups is 1. The maximum Gasteiger partial charge on any atom is 0.293 e. The Morgan fingerprint density at radius 1 is 1.07 bits per heavy atom. The van der Waals surface area contributed by atoms with Crippen molar-refractivity contribution in [3.05, 3.63) is 78.7 Å². The topological polar surface area (TPSA) is 144 Å². The predicted molar refractivity (Wildman–Crippen MR) is 99.4 cm³/mol. The minimum absolute atomic E-state index is 0.00499. The summed E-state index contributed by atoms with van der Waals surface area (Å²) in [5, 5.41) is 31.2. The second-order valence-electron chi connectivity index (χ2n) is 5.65. The van der Waals surface area contributed by atoms with Crippen molar-refractivity contribution in [3.8, 4) is 5.75 Å². The summed E-state index contributed by atoms with van der Waals surface area (Å²) in [5.41, 5.74) is -0.315. The van der Waals surface area contributed by atoms with Gasteiger partial charge in [-0.3, -0.25) is 34.7 Å². The number of amides is 2. The third-order valence-electron chi connectivity index (χ3n) is 3.90.